The number of benzene rings is 1. The first-order valence-electron chi connectivity index (χ1n) is 6.79. The predicted molar refractivity (Wildman–Crippen MR) is 82.7 cm³/mol. The normalized spacial score (nSPS) is 12.7. The standard InChI is InChI=1S/C15H23FN2S/c1-4-11(3)9-18(5-2)10-12-7-6-8-13(14(12)16)15(17)19/h6-8,11H,4-5,9-10H2,1-3H3,(H2,17,19). The summed E-state index contributed by atoms with van der Waals surface area (Å²) >= 11 is 4.86. The lowest BCUT2D eigenvalue weighted by atomic mass is 10.1. The van der Waals surface area contributed by atoms with E-state index in [0.717, 1.165) is 19.5 Å². The van der Waals surface area contributed by atoms with Gasteiger partial charge in [0.05, 0.1) is 0 Å². The lowest BCUT2D eigenvalue weighted by Crippen LogP contribution is -2.28. The van der Waals surface area contributed by atoms with Crippen molar-refractivity contribution in [2.45, 2.75) is 33.7 Å². The van der Waals surface area contributed by atoms with Gasteiger partial charge in [-0.25, -0.2) is 4.39 Å². The molecule has 0 aliphatic rings. The highest BCUT2D eigenvalue weighted by Gasteiger charge is 2.14. The highest BCUT2D eigenvalue weighted by Crippen LogP contribution is 2.16. The van der Waals surface area contributed by atoms with Crippen LogP contribution >= 0.6 is 12.2 Å². The molecule has 1 aromatic carbocycles. The maximum absolute atomic E-state index is 14.2. The van der Waals surface area contributed by atoms with Gasteiger partial charge in [0.2, 0.25) is 0 Å². The molecule has 1 aromatic rings. The third-order valence-corrected chi connectivity index (χ3v) is 3.67. The number of nitrogens with zero attached hydrogens (tertiary/aromatic N) is 1. The summed E-state index contributed by atoms with van der Waals surface area (Å²) in [6, 6.07) is 5.24. The number of rotatable bonds is 7. The molecular weight excluding hydrogens is 259 g/mol. The maximum Gasteiger partial charge on any atom is 0.137 e. The summed E-state index contributed by atoms with van der Waals surface area (Å²) in [5.74, 6) is 0.333. The van der Waals surface area contributed by atoms with Crippen LogP contribution in [0.3, 0.4) is 0 Å². The Bertz CT molecular complexity index is 434. The van der Waals surface area contributed by atoms with Gasteiger partial charge in [-0.05, 0) is 18.5 Å². The molecule has 0 bridgehead atoms. The van der Waals surface area contributed by atoms with E-state index in [1.54, 1.807) is 12.1 Å². The van der Waals surface area contributed by atoms with E-state index in [4.69, 9.17) is 18.0 Å². The van der Waals surface area contributed by atoms with Gasteiger partial charge in [-0.15, -0.1) is 0 Å². The van der Waals surface area contributed by atoms with Gasteiger partial charge in [0, 0.05) is 24.2 Å². The molecule has 1 rings (SSSR count). The van der Waals surface area contributed by atoms with Crippen molar-refractivity contribution in [2.24, 2.45) is 11.7 Å². The summed E-state index contributed by atoms with van der Waals surface area (Å²) in [5.41, 5.74) is 6.53. The average molecular weight is 282 g/mol. The van der Waals surface area contributed by atoms with Crippen molar-refractivity contribution in [2.75, 3.05) is 13.1 Å². The van der Waals surface area contributed by atoms with Crippen LogP contribution in [0, 0.1) is 11.7 Å². The molecule has 0 aromatic heterocycles. The zero-order chi connectivity index (χ0) is 14.4. The minimum atomic E-state index is -0.280. The van der Waals surface area contributed by atoms with E-state index >= 15 is 0 Å². The predicted octanol–water partition coefficient (Wildman–Crippen LogP) is 3.33. The van der Waals surface area contributed by atoms with Crippen LogP contribution in [0.1, 0.15) is 38.3 Å². The Morgan fingerprint density at radius 1 is 1.42 bits per heavy atom. The van der Waals surface area contributed by atoms with Gasteiger partial charge in [0.15, 0.2) is 0 Å². The van der Waals surface area contributed by atoms with Crippen LogP contribution in [-0.2, 0) is 6.54 Å². The Morgan fingerprint density at radius 3 is 2.63 bits per heavy atom. The van der Waals surface area contributed by atoms with Crippen LogP contribution in [0.2, 0.25) is 0 Å². The molecule has 4 heteroatoms. The molecule has 0 saturated heterocycles. The molecule has 0 heterocycles. The highest BCUT2D eigenvalue weighted by atomic mass is 32.1. The largest absolute Gasteiger partial charge is 0.389 e. The third-order valence-electron chi connectivity index (χ3n) is 3.45. The van der Waals surface area contributed by atoms with E-state index in [1.165, 1.54) is 0 Å². The Balaban J connectivity index is 2.85. The van der Waals surface area contributed by atoms with E-state index in [1.807, 2.05) is 6.07 Å². The van der Waals surface area contributed by atoms with Crippen molar-refractivity contribution in [1.29, 1.82) is 0 Å². The number of nitrogens with two attached hydrogens (primary N) is 1. The quantitative estimate of drug-likeness (QED) is 0.778. The molecule has 106 valence electrons. The topological polar surface area (TPSA) is 29.3 Å². The van der Waals surface area contributed by atoms with Gasteiger partial charge in [-0.1, -0.05) is 51.5 Å². The molecule has 0 aliphatic carbocycles. The molecule has 19 heavy (non-hydrogen) atoms. The van der Waals surface area contributed by atoms with Crippen molar-refractivity contribution in [3.05, 3.63) is 35.1 Å². The van der Waals surface area contributed by atoms with E-state index < -0.39 is 0 Å². The second-order valence-corrected chi connectivity index (χ2v) is 5.42. The first-order valence-corrected chi connectivity index (χ1v) is 7.19. The fourth-order valence-corrected chi connectivity index (χ4v) is 2.17. The van der Waals surface area contributed by atoms with Crippen molar-refractivity contribution in [3.8, 4) is 0 Å². The smallest absolute Gasteiger partial charge is 0.137 e. The summed E-state index contributed by atoms with van der Waals surface area (Å²) in [6.07, 6.45) is 1.13. The molecule has 1 atom stereocenters. The maximum atomic E-state index is 14.2. The SMILES string of the molecule is CCC(C)CN(CC)Cc1cccc(C(N)=S)c1F. The molecule has 0 fully saturated rings. The van der Waals surface area contributed by atoms with Crippen molar-refractivity contribution >= 4 is 17.2 Å². The van der Waals surface area contributed by atoms with E-state index in [9.17, 15) is 4.39 Å². The minimum absolute atomic E-state index is 0.115. The summed E-state index contributed by atoms with van der Waals surface area (Å²) in [7, 11) is 0. The van der Waals surface area contributed by atoms with Crippen LogP contribution in [0.25, 0.3) is 0 Å². The highest BCUT2D eigenvalue weighted by molar-refractivity contribution is 7.80. The Hall–Kier alpha value is -1.00. The van der Waals surface area contributed by atoms with Gasteiger partial charge in [-0.2, -0.15) is 0 Å². The summed E-state index contributed by atoms with van der Waals surface area (Å²) in [5, 5.41) is 0. The second kappa shape index (κ2) is 7.56. The minimum Gasteiger partial charge on any atom is -0.389 e. The second-order valence-electron chi connectivity index (χ2n) is 4.98. The fraction of sp³-hybridized carbons (Fsp3) is 0.533. The van der Waals surface area contributed by atoms with Crippen LogP contribution in [0.5, 0.6) is 0 Å². The molecule has 1 unspecified atom stereocenters. The molecule has 0 aliphatic heterocycles. The van der Waals surface area contributed by atoms with E-state index in [-0.39, 0.29) is 10.8 Å². The molecule has 0 amide bonds. The van der Waals surface area contributed by atoms with Crippen LogP contribution < -0.4 is 5.73 Å². The van der Waals surface area contributed by atoms with E-state index in [2.05, 4.69) is 25.7 Å². The lowest BCUT2D eigenvalue weighted by Gasteiger charge is -2.24. The van der Waals surface area contributed by atoms with Crippen LogP contribution in [0.15, 0.2) is 18.2 Å². The molecule has 2 N–H and O–H groups in total. The monoisotopic (exact) mass is 282 g/mol. The number of thiocarbonyl (C=S) groups is 1. The number of halogens is 1. The average Bonchev–Trinajstić information content (AvgIpc) is 2.39. The van der Waals surface area contributed by atoms with Gasteiger partial charge in [-0.3, -0.25) is 4.90 Å². The van der Waals surface area contributed by atoms with Gasteiger partial charge >= 0.3 is 0 Å². The molecular formula is C15H23FN2S. The summed E-state index contributed by atoms with van der Waals surface area (Å²) < 4.78 is 14.2. The van der Waals surface area contributed by atoms with Crippen LogP contribution in [0.4, 0.5) is 4.39 Å². The number of hydrogen-bond donors (Lipinski definition) is 1. The lowest BCUT2D eigenvalue weighted by molar-refractivity contribution is 0.235. The summed E-state index contributed by atoms with van der Waals surface area (Å²) in [4.78, 5) is 2.36. The van der Waals surface area contributed by atoms with Gasteiger partial charge < -0.3 is 5.73 Å². The Morgan fingerprint density at radius 2 is 2.11 bits per heavy atom. The van der Waals surface area contributed by atoms with Crippen LogP contribution in [-0.4, -0.2) is 23.0 Å². The fourth-order valence-electron chi connectivity index (χ4n) is 2.01. The number of hydrogen-bond acceptors (Lipinski definition) is 2. The van der Waals surface area contributed by atoms with Gasteiger partial charge in [0.1, 0.15) is 10.8 Å². The molecule has 0 saturated carbocycles. The summed E-state index contributed by atoms with van der Waals surface area (Å²) in [6.45, 7) is 8.96. The first-order chi connectivity index (χ1) is 8.99. The van der Waals surface area contributed by atoms with Crippen molar-refractivity contribution in [3.63, 3.8) is 0 Å². The van der Waals surface area contributed by atoms with E-state index in [0.29, 0.717) is 23.6 Å². The molecule has 2 nitrogen and oxygen atoms in total. The van der Waals surface area contributed by atoms with Crippen molar-refractivity contribution < 1.29 is 4.39 Å². The van der Waals surface area contributed by atoms with Gasteiger partial charge in [0.25, 0.3) is 0 Å². The van der Waals surface area contributed by atoms with Crippen molar-refractivity contribution in [1.82, 2.24) is 4.90 Å². The third kappa shape index (κ3) is 4.55. The zero-order valence-electron chi connectivity index (χ0n) is 11.9. The zero-order valence-corrected chi connectivity index (χ0v) is 12.8. The molecule has 0 radical (unpaired) electrons. The molecule has 0 spiro atoms. The first kappa shape index (κ1) is 16.1. The Kier molecular flexibility index (Phi) is 6.38. The Labute approximate surface area is 120 Å².